The molecule has 0 radical (unpaired) electrons. The highest BCUT2D eigenvalue weighted by Gasteiger charge is 2.15. The number of hydrogen-bond donors (Lipinski definition) is 2. The number of rotatable bonds is 6. The molecule has 28 heavy (non-hydrogen) atoms. The first-order valence-corrected chi connectivity index (χ1v) is 9.71. The summed E-state index contributed by atoms with van der Waals surface area (Å²) in [6, 6.07) is 4.53. The Hall–Kier alpha value is -2.41. The molecule has 1 heterocycles. The Bertz CT molecular complexity index is 475. The molecule has 0 saturated heterocycles. The van der Waals surface area contributed by atoms with Crippen LogP contribution >= 0.6 is 0 Å². The van der Waals surface area contributed by atoms with Crippen LogP contribution in [-0.2, 0) is 24.6 Å². The summed E-state index contributed by atoms with van der Waals surface area (Å²) in [5.74, 6) is 3.93. The average Bonchev–Trinajstić information content (AvgIpc) is 3.13. The zero-order chi connectivity index (χ0) is 22.5. The lowest BCUT2D eigenvalue weighted by Crippen LogP contribution is -1.97. The molecule has 0 aromatic carbocycles. The van der Waals surface area contributed by atoms with Gasteiger partial charge in [0.05, 0.1) is 12.8 Å². The van der Waals surface area contributed by atoms with Crippen molar-refractivity contribution in [2.24, 2.45) is 11.1 Å². The van der Waals surface area contributed by atoms with Gasteiger partial charge >= 0.3 is 11.4 Å². The number of unbranched alkanes of at least 4 members (excludes halogenated alkanes) is 3. The summed E-state index contributed by atoms with van der Waals surface area (Å²) >= 11 is -1.66. The van der Waals surface area contributed by atoms with Crippen molar-refractivity contribution in [1.29, 1.82) is 0 Å². The topological polar surface area (TPSA) is 166 Å². The molecule has 0 saturated carbocycles. The van der Waals surface area contributed by atoms with Crippen LogP contribution in [-0.4, -0.2) is 21.6 Å². The lowest BCUT2D eigenvalue weighted by atomic mass is 10.3. The molecule has 0 aromatic heterocycles. The third kappa shape index (κ3) is 38.9. The molecule has 0 amide bonds. The molecular weight excluding hydrogens is 392 g/mol. The summed E-state index contributed by atoms with van der Waals surface area (Å²) in [4.78, 5) is 9.40. The number of nitrogens with zero attached hydrogens (tertiary/aromatic N) is 3. The van der Waals surface area contributed by atoms with Crippen LogP contribution in [0.2, 0.25) is 0 Å². The van der Waals surface area contributed by atoms with Crippen molar-refractivity contribution in [3.63, 3.8) is 0 Å². The summed E-state index contributed by atoms with van der Waals surface area (Å²) in [5, 5.41) is 33.2. The minimum atomic E-state index is -1.66. The SMILES string of the molecule is CCCC#[N+][O-].CCCC#[N+][O-].CCCC1=NOS(=O)O1.CCCC=O.NO. The number of carbonyl (C=O) groups is 1. The van der Waals surface area contributed by atoms with Gasteiger partial charge in [-0.3, -0.25) is 4.28 Å². The highest BCUT2D eigenvalue weighted by Crippen LogP contribution is 2.06. The summed E-state index contributed by atoms with van der Waals surface area (Å²) in [6.45, 7) is 7.90. The van der Waals surface area contributed by atoms with E-state index in [0.717, 1.165) is 32.0 Å². The summed E-state index contributed by atoms with van der Waals surface area (Å²) in [6.07, 6.45) is 7.49. The van der Waals surface area contributed by atoms with Crippen molar-refractivity contribution in [3.05, 3.63) is 20.4 Å². The second kappa shape index (κ2) is 35.7. The molecule has 0 spiro atoms. The standard InChI is InChI=1S/C4H7NO3S.2C4H7NO.C4H8O.H3NO/c1-2-3-4-5-8-9(6)7-4;2*1-2-3-4-5-6;1-2-3-4-5;1-2/h2-3H2,1H3;2*2-3H2,1H3;4H,2-3H2,1H3;2H,1H2. The minimum Gasteiger partial charge on any atom is -0.498 e. The van der Waals surface area contributed by atoms with Gasteiger partial charge in [-0.25, -0.2) is 5.90 Å². The van der Waals surface area contributed by atoms with Crippen molar-refractivity contribution in [3.8, 4) is 12.1 Å². The van der Waals surface area contributed by atoms with E-state index in [1.807, 2.05) is 27.7 Å². The molecule has 12 heteroatoms. The maximum absolute atomic E-state index is 10.3. The van der Waals surface area contributed by atoms with E-state index in [-0.39, 0.29) is 0 Å². The maximum Gasteiger partial charge on any atom is 0.440 e. The number of carbonyl (C=O) groups excluding carboxylic acids is 1. The Morgan fingerprint density at radius 3 is 1.75 bits per heavy atom. The van der Waals surface area contributed by atoms with Gasteiger partial charge in [0.1, 0.15) is 6.29 Å². The number of nitrogens with two attached hydrogens (primary N) is 1. The van der Waals surface area contributed by atoms with Crippen LogP contribution < -0.4 is 5.90 Å². The van der Waals surface area contributed by atoms with Gasteiger partial charge in [0, 0.05) is 22.9 Å². The monoisotopic (exact) mass is 424 g/mol. The average molecular weight is 425 g/mol. The molecule has 1 rings (SSSR count). The number of aldehydes is 1. The fourth-order valence-corrected chi connectivity index (χ4v) is 1.36. The highest BCUT2D eigenvalue weighted by atomic mass is 32.2. The van der Waals surface area contributed by atoms with E-state index in [4.69, 9.17) is 5.21 Å². The number of hydrogen-bond acceptors (Lipinski definition) is 9. The van der Waals surface area contributed by atoms with Crippen LogP contribution in [0.25, 0.3) is 10.0 Å². The third-order valence-electron chi connectivity index (χ3n) is 2.09. The largest absolute Gasteiger partial charge is 0.498 e. The van der Waals surface area contributed by atoms with Crippen molar-refractivity contribution >= 4 is 23.5 Å². The van der Waals surface area contributed by atoms with Crippen molar-refractivity contribution in [1.82, 2.24) is 0 Å². The van der Waals surface area contributed by atoms with Crippen LogP contribution in [0, 0.1) is 22.6 Å². The lowest BCUT2D eigenvalue weighted by molar-refractivity contribution is -0.107. The van der Waals surface area contributed by atoms with Gasteiger partial charge < -0.3 is 24.6 Å². The normalized spacial score (nSPS) is 12.1. The summed E-state index contributed by atoms with van der Waals surface area (Å²) in [7, 11) is 0. The quantitative estimate of drug-likeness (QED) is 0.470. The van der Waals surface area contributed by atoms with E-state index < -0.39 is 11.4 Å². The third-order valence-corrected chi connectivity index (χ3v) is 2.61. The molecule has 11 nitrogen and oxygen atoms in total. The highest BCUT2D eigenvalue weighted by molar-refractivity contribution is 7.75. The molecule has 1 atom stereocenters. The first kappa shape index (κ1) is 33.2. The Morgan fingerprint density at radius 2 is 1.57 bits per heavy atom. The second-order valence-electron chi connectivity index (χ2n) is 4.55. The molecule has 0 aliphatic carbocycles. The fourth-order valence-electron chi connectivity index (χ4n) is 0.915. The van der Waals surface area contributed by atoms with Crippen LogP contribution in [0.3, 0.4) is 0 Å². The van der Waals surface area contributed by atoms with Crippen molar-refractivity contribution < 1.29 is 22.7 Å². The van der Waals surface area contributed by atoms with Crippen LogP contribution in [0.4, 0.5) is 0 Å². The van der Waals surface area contributed by atoms with E-state index in [1.54, 1.807) is 0 Å². The predicted octanol–water partition coefficient (Wildman–Crippen LogP) is 4.28. The predicted molar refractivity (Wildman–Crippen MR) is 111 cm³/mol. The zero-order valence-electron chi connectivity index (χ0n) is 17.0. The minimum absolute atomic E-state index is 0.427. The molecular formula is C16H32N4O7S. The van der Waals surface area contributed by atoms with E-state index in [9.17, 15) is 19.4 Å². The van der Waals surface area contributed by atoms with E-state index >= 15 is 0 Å². The summed E-state index contributed by atoms with van der Waals surface area (Å²) < 4.78 is 19.1. The van der Waals surface area contributed by atoms with Gasteiger partial charge in [-0.2, -0.15) is 4.21 Å². The van der Waals surface area contributed by atoms with Gasteiger partial charge in [0.2, 0.25) is 5.90 Å². The molecule has 164 valence electrons. The smallest absolute Gasteiger partial charge is 0.440 e. The van der Waals surface area contributed by atoms with Gasteiger partial charge in [0.15, 0.2) is 0 Å². The first-order valence-electron chi connectivity index (χ1n) is 8.71. The zero-order valence-corrected chi connectivity index (χ0v) is 17.8. The molecule has 0 bridgehead atoms. The molecule has 3 N–H and O–H groups in total. The Kier molecular flexibility index (Phi) is 42.3. The summed E-state index contributed by atoms with van der Waals surface area (Å²) in [5.41, 5.74) is 0. The molecule has 0 fully saturated rings. The Balaban J connectivity index is -0.000000137. The van der Waals surface area contributed by atoms with E-state index in [1.165, 1.54) is 0 Å². The van der Waals surface area contributed by atoms with Gasteiger partial charge in [-0.05, 0) is 30.8 Å². The van der Waals surface area contributed by atoms with Gasteiger partial charge in [-0.1, -0.05) is 27.7 Å². The van der Waals surface area contributed by atoms with Gasteiger partial charge in [-0.15, -0.1) is 0 Å². The van der Waals surface area contributed by atoms with Crippen molar-refractivity contribution in [2.45, 2.75) is 79.1 Å². The maximum atomic E-state index is 10.3. The molecule has 1 unspecified atom stereocenters. The second-order valence-corrected chi connectivity index (χ2v) is 5.28. The van der Waals surface area contributed by atoms with E-state index in [2.05, 4.69) is 41.7 Å². The lowest BCUT2D eigenvalue weighted by Gasteiger charge is -1.88. The Labute approximate surface area is 169 Å². The van der Waals surface area contributed by atoms with Crippen molar-refractivity contribution in [2.75, 3.05) is 0 Å². The van der Waals surface area contributed by atoms with Gasteiger partial charge in [0.25, 0.3) is 12.1 Å². The molecule has 0 aromatic rings. The first-order chi connectivity index (χ1) is 13.6. The fraction of sp³-hybridized carbons (Fsp3) is 0.750. The van der Waals surface area contributed by atoms with E-state index in [0.29, 0.717) is 31.6 Å². The van der Waals surface area contributed by atoms with Crippen LogP contribution in [0.1, 0.15) is 79.1 Å². The molecule has 1 aliphatic rings. The van der Waals surface area contributed by atoms with Crippen LogP contribution in [0.15, 0.2) is 5.16 Å². The van der Waals surface area contributed by atoms with Crippen LogP contribution in [0.5, 0.6) is 0 Å². The molecule has 1 aliphatic heterocycles. The number of oxime groups is 1. The Morgan fingerprint density at radius 1 is 1.07 bits per heavy atom.